The summed E-state index contributed by atoms with van der Waals surface area (Å²) in [6.45, 7) is 1.13. The van der Waals surface area contributed by atoms with Crippen LogP contribution in [0.2, 0.25) is 0 Å². The molecule has 2 aromatic rings. The molecule has 26 heavy (non-hydrogen) atoms. The second-order valence-electron chi connectivity index (χ2n) is 5.62. The van der Waals surface area contributed by atoms with E-state index < -0.39 is 39.8 Å². The van der Waals surface area contributed by atoms with Crippen LogP contribution in [0.25, 0.3) is 0 Å². The zero-order valence-corrected chi connectivity index (χ0v) is 15.2. The lowest BCUT2D eigenvalue weighted by Gasteiger charge is -2.22. The first-order chi connectivity index (χ1) is 12.1. The Morgan fingerprint density at radius 2 is 1.88 bits per heavy atom. The number of halogens is 2. The normalized spacial score (nSPS) is 11.1. The van der Waals surface area contributed by atoms with Crippen LogP contribution in [0.15, 0.2) is 36.4 Å². The molecule has 140 valence electrons. The number of sulfonamides is 1. The predicted octanol–water partition coefficient (Wildman–Crippen LogP) is 2.69. The van der Waals surface area contributed by atoms with Crippen molar-refractivity contribution in [2.75, 3.05) is 29.5 Å². The molecule has 6 nitrogen and oxygen atoms in total. The van der Waals surface area contributed by atoms with Crippen LogP contribution in [0, 0.1) is 18.6 Å². The van der Waals surface area contributed by atoms with Crippen molar-refractivity contribution in [3.8, 4) is 5.75 Å². The molecule has 0 aromatic heterocycles. The van der Waals surface area contributed by atoms with Gasteiger partial charge < -0.3 is 10.1 Å². The summed E-state index contributed by atoms with van der Waals surface area (Å²) in [6, 6.07) is 7.52. The Labute approximate surface area is 150 Å². The van der Waals surface area contributed by atoms with E-state index in [-0.39, 0.29) is 0 Å². The van der Waals surface area contributed by atoms with E-state index in [0.29, 0.717) is 21.8 Å². The summed E-state index contributed by atoms with van der Waals surface area (Å²) in [7, 11) is -2.56. The molecule has 0 fully saturated rings. The Morgan fingerprint density at radius 1 is 1.19 bits per heavy atom. The van der Waals surface area contributed by atoms with Crippen LogP contribution in [0.5, 0.6) is 5.75 Å². The van der Waals surface area contributed by atoms with E-state index in [2.05, 4.69) is 5.32 Å². The van der Waals surface area contributed by atoms with Gasteiger partial charge in [0.15, 0.2) is 0 Å². The van der Waals surface area contributed by atoms with Crippen molar-refractivity contribution < 1.29 is 26.7 Å². The molecule has 0 atom stereocenters. The minimum Gasteiger partial charge on any atom is -0.495 e. The molecular formula is C17H18F2N2O4S. The lowest BCUT2D eigenvalue weighted by molar-refractivity contribution is -0.114. The van der Waals surface area contributed by atoms with E-state index in [9.17, 15) is 22.0 Å². The molecule has 2 rings (SSSR count). The Bertz CT molecular complexity index is 932. The van der Waals surface area contributed by atoms with Gasteiger partial charge in [0, 0.05) is 6.07 Å². The number of nitrogens with zero attached hydrogens (tertiary/aromatic N) is 1. The van der Waals surface area contributed by atoms with Crippen LogP contribution < -0.4 is 14.4 Å². The molecular weight excluding hydrogens is 366 g/mol. The smallest absolute Gasteiger partial charge is 0.245 e. The lowest BCUT2D eigenvalue weighted by atomic mass is 10.2. The average molecular weight is 384 g/mol. The van der Waals surface area contributed by atoms with Gasteiger partial charge in [-0.25, -0.2) is 17.2 Å². The van der Waals surface area contributed by atoms with Gasteiger partial charge >= 0.3 is 0 Å². The molecule has 0 saturated carbocycles. The first-order valence-corrected chi connectivity index (χ1v) is 9.34. The number of anilines is 2. The summed E-state index contributed by atoms with van der Waals surface area (Å²) in [5, 5.41) is 2.54. The summed E-state index contributed by atoms with van der Waals surface area (Å²) in [4.78, 5) is 12.3. The summed E-state index contributed by atoms with van der Waals surface area (Å²) >= 11 is 0. The minimum absolute atomic E-state index is 0.352. The van der Waals surface area contributed by atoms with Gasteiger partial charge in [-0.15, -0.1) is 0 Å². The topological polar surface area (TPSA) is 75.7 Å². The highest BCUT2D eigenvalue weighted by Crippen LogP contribution is 2.26. The molecule has 0 radical (unpaired) electrons. The Morgan fingerprint density at radius 3 is 2.46 bits per heavy atom. The number of hydrogen-bond acceptors (Lipinski definition) is 4. The molecule has 0 aliphatic heterocycles. The predicted molar refractivity (Wildman–Crippen MR) is 94.9 cm³/mol. The van der Waals surface area contributed by atoms with Crippen LogP contribution in [-0.2, 0) is 14.8 Å². The largest absolute Gasteiger partial charge is 0.495 e. The fourth-order valence-corrected chi connectivity index (χ4v) is 3.16. The zero-order chi connectivity index (χ0) is 19.5. The van der Waals surface area contributed by atoms with Gasteiger partial charge in [0.05, 0.1) is 24.7 Å². The second kappa shape index (κ2) is 7.69. The van der Waals surface area contributed by atoms with Gasteiger partial charge in [-0.05, 0) is 36.8 Å². The number of methoxy groups -OCH3 is 1. The molecule has 2 aromatic carbocycles. The molecule has 9 heteroatoms. The quantitative estimate of drug-likeness (QED) is 0.831. The van der Waals surface area contributed by atoms with Gasteiger partial charge in [0.25, 0.3) is 0 Å². The zero-order valence-electron chi connectivity index (χ0n) is 14.4. The minimum atomic E-state index is -3.99. The number of benzene rings is 2. The van der Waals surface area contributed by atoms with Crippen LogP contribution in [-0.4, -0.2) is 34.2 Å². The highest BCUT2D eigenvalue weighted by Gasteiger charge is 2.24. The molecule has 0 aliphatic carbocycles. The fraction of sp³-hybridized carbons (Fsp3) is 0.235. The second-order valence-corrected chi connectivity index (χ2v) is 7.52. The first-order valence-electron chi connectivity index (χ1n) is 7.49. The van der Waals surface area contributed by atoms with E-state index in [1.165, 1.54) is 7.11 Å². The first kappa shape index (κ1) is 19.6. The van der Waals surface area contributed by atoms with Crippen LogP contribution in [0.1, 0.15) is 5.56 Å². The molecule has 0 spiro atoms. The lowest BCUT2D eigenvalue weighted by Crippen LogP contribution is -2.38. The fourth-order valence-electron chi connectivity index (χ4n) is 2.30. The number of carbonyl (C=O) groups is 1. The van der Waals surface area contributed by atoms with Crippen molar-refractivity contribution in [2.24, 2.45) is 0 Å². The maximum absolute atomic E-state index is 14.0. The third-order valence-corrected chi connectivity index (χ3v) is 4.62. The van der Waals surface area contributed by atoms with Gasteiger partial charge in [-0.3, -0.25) is 9.10 Å². The molecule has 0 saturated heterocycles. The number of rotatable bonds is 6. The van der Waals surface area contributed by atoms with Crippen molar-refractivity contribution in [1.82, 2.24) is 0 Å². The van der Waals surface area contributed by atoms with Gasteiger partial charge in [-0.1, -0.05) is 6.07 Å². The van der Waals surface area contributed by atoms with Crippen LogP contribution >= 0.6 is 0 Å². The Kier molecular flexibility index (Phi) is 5.81. The van der Waals surface area contributed by atoms with Crippen molar-refractivity contribution in [2.45, 2.75) is 6.92 Å². The van der Waals surface area contributed by atoms with Gasteiger partial charge in [0.1, 0.15) is 23.9 Å². The molecule has 1 amide bonds. The van der Waals surface area contributed by atoms with Crippen LogP contribution in [0.4, 0.5) is 20.2 Å². The molecule has 0 heterocycles. The summed E-state index contributed by atoms with van der Waals surface area (Å²) in [5.41, 5.74) is 0.788. The Balaban J connectivity index is 2.30. The van der Waals surface area contributed by atoms with Crippen LogP contribution in [0.3, 0.4) is 0 Å². The third kappa shape index (κ3) is 4.69. The number of hydrogen-bond donors (Lipinski definition) is 1. The average Bonchev–Trinajstić information content (AvgIpc) is 2.52. The van der Waals surface area contributed by atoms with E-state index in [4.69, 9.17) is 4.74 Å². The third-order valence-electron chi connectivity index (χ3n) is 3.50. The highest BCUT2D eigenvalue weighted by atomic mass is 32.2. The van der Waals surface area contributed by atoms with Crippen molar-refractivity contribution in [3.05, 3.63) is 53.6 Å². The van der Waals surface area contributed by atoms with E-state index in [1.807, 2.05) is 6.92 Å². The van der Waals surface area contributed by atoms with E-state index in [0.717, 1.165) is 24.0 Å². The van der Waals surface area contributed by atoms with E-state index >= 15 is 0 Å². The molecule has 0 aliphatic rings. The van der Waals surface area contributed by atoms with Gasteiger partial charge in [-0.2, -0.15) is 0 Å². The van der Waals surface area contributed by atoms with Crippen molar-refractivity contribution in [3.63, 3.8) is 0 Å². The number of carbonyl (C=O) groups excluding carboxylic acids is 1. The SMILES string of the molecule is COc1ccc(C)cc1NC(=O)CN(c1ccc(F)cc1F)S(C)(=O)=O. The van der Waals surface area contributed by atoms with E-state index in [1.54, 1.807) is 18.2 Å². The summed E-state index contributed by atoms with van der Waals surface area (Å²) in [6.07, 6.45) is 0.830. The van der Waals surface area contributed by atoms with Crippen molar-refractivity contribution in [1.29, 1.82) is 0 Å². The number of ether oxygens (including phenoxy) is 1. The molecule has 1 N–H and O–H groups in total. The standard InChI is InChI=1S/C17H18F2N2O4S/c1-11-4-7-16(25-2)14(8-11)20-17(22)10-21(26(3,23)24)15-6-5-12(18)9-13(15)19/h4-9H,10H2,1-3H3,(H,20,22). The van der Waals surface area contributed by atoms with Gasteiger partial charge in [0.2, 0.25) is 15.9 Å². The number of nitrogens with one attached hydrogen (secondary N) is 1. The van der Waals surface area contributed by atoms with Crippen molar-refractivity contribution >= 4 is 27.3 Å². The monoisotopic (exact) mass is 384 g/mol. The highest BCUT2D eigenvalue weighted by molar-refractivity contribution is 7.92. The maximum atomic E-state index is 14.0. The molecule has 0 bridgehead atoms. The maximum Gasteiger partial charge on any atom is 0.245 e. The number of amides is 1. The Hall–Kier alpha value is -2.68. The summed E-state index contributed by atoms with van der Waals surface area (Å²) < 4.78 is 56.8. The summed E-state index contributed by atoms with van der Waals surface area (Å²) in [5.74, 6) is -2.25. The molecule has 0 unspecified atom stereocenters. The number of aryl methyl sites for hydroxylation is 1.